The average molecular weight is 942 g/mol. The lowest BCUT2D eigenvalue weighted by Crippen LogP contribution is -2.59. The van der Waals surface area contributed by atoms with Crippen LogP contribution >= 0.6 is 0 Å². The molecule has 0 saturated heterocycles. The topological polar surface area (TPSA) is 289 Å². The van der Waals surface area contributed by atoms with Gasteiger partial charge in [-0.1, -0.05) is 155 Å². The molecule has 0 spiro atoms. The third-order valence-electron chi connectivity index (χ3n) is 11.5. The Kier molecular flexibility index (Phi) is 25.7. The van der Waals surface area contributed by atoms with E-state index in [0.717, 1.165) is 75.3 Å². The fraction of sp³-hybridized carbons (Fsp3) is 0.490. The molecule has 0 fully saturated rings. The number of hydrogen-bond donors (Lipinski definition) is 9. The van der Waals surface area contributed by atoms with Crippen LogP contribution in [0.3, 0.4) is 0 Å². The number of carbonyl (C=O) groups is 8. The lowest BCUT2D eigenvalue weighted by atomic mass is 10.0. The molecule has 370 valence electrons. The van der Waals surface area contributed by atoms with Crippen molar-refractivity contribution in [1.29, 1.82) is 0 Å². The number of rotatable bonds is 34. The molecule has 0 aromatic heterocycles. The number of primary amides is 2. The predicted molar refractivity (Wildman–Crippen MR) is 257 cm³/mol. The number of nitrogens with two attached hydrogens (primary N) is 2. The minimum atomic E-state index is -1.32. The zero-order chi connectivity index (χ0) is 49.7. The number of aliphatic hydroxyl groups excluding tert-OH is 1. The maximum Gasteiger partial charge on any atom is 0.326 e. The molecule has 0 radical (unpaired) electrons. The molecule has 0 saturated carbocycles. The van der Waals surface area contributed by atoms with Gasteiger partial charge in [-0.25, -0.2) is 4.79 Å². The summed E-state index contributed by atoms with van der Waals surface area (Å²) in [5.74, 6) is -5.76. The SMILES string of the molecule is C[C@H](O)[C@H](NC(=O)CCCCCCCCCCCCCCC(=O)N[C@@H](CC(N)=O)C(=O)N[C@@H](Cc1ccccc1)C(=O)O)C(=O)N[C@@H](Cc1ccccc1)C(=O)N[C@@H](Cc1ccccc1)C(N)=O. The second-order valence-corrected chi connectivity index (χ2v) is 17.3. The Morgan fingerprint density at radius 3 is 1.21 bits per heavy atom. The van der Waals surface area contributed by atoms with Crippen LogP contribution in [-0.2, 0) is 57.6 Å². The number of carboxylic acids is 1. The van der Waals surface area contributed by atoms with E-state index in [9.17, 15) is 48.6 Å². The maximum absolute atomic E-state index is 13.6. The van der Waals surface area contributed by atoms with Gasteiger partial charge in [0.1, 0.15) is 30.2 Å². The number of aliphatic carboxylic acids is 1. The van der Waals surface area contributed by atoms with E-state index in [0.29, 0.717) is 18.4 Å². The van der Waals surface area contributed by atoms with Crippen molar-refractivity contribution in [3.05, 3.63) is 108 Å². The smallest absolute Gasteiger partial charge is 0.326 e. The van der Waals surface area contributed by atoms with Crippen LogP contribution in [0.1, 0.15) is 120 Å². The first-order valence-electron chi connectivity index (χ1n) is 23.7. The van der Waals surface area contributed by atoms with Crippen LogP contribution < -0.4 is 38.1 Å². The largest absolute Gasteiger partial charge is 0.480 e. The number of benzene rings is 3. The number of carboxylic acid groups (broad SMARTS) is 1. The summed E-state index contributed by atoms with van der Waals surface area (Å²) >= 11 is 0. The zero-order valence-electron chi connectivity index (χ0n) is 39.2. The first-order valence-corrected chi connectivity index (χ1v) is 23.7. The Morgan fingerprint density at radius 1 is 0.456 bits per heavy atom. The van der Waals surface area contributed by atoms with Gasteiger partial charge < -0.3 is 48.3 Å². The second kappa shape index (κ2) is 31.4. The molecule has 0 aliphatic rings. The highest BCUT2D eigenvalue weighted by Crippen LogP contribution is 2.14. The van der Waals surface area contributed by atoms with Gasteiger partial charge in [0, 0.05) is 32.1 Å². The standard InChI is InChI=1S/C51H71N7O10/c1-35(59)46(50(66)56-40(32-37-25-17-13-18-26-37)48(64)55-39(47(53)63)31-36-23-15-12-16-24-36)58-45(62)30-22-11-9-7-5-3-2-4-6-8-10-21-29-44(61)54-41(34-43(52)60)49(65)57-42(51(67)68)33-38-27-19-14-20-28-38/h12-20,23-28,35,39-42,46,59H,2-11,21-22,29-34H2,1H3,(H2,52,60)(H2,53,63)(H,54,61)(H,55,64)(H,56,66)(H,57,65)(H,58,62)(H,67,68)/t35-,39-,40-,41-,42-,46-/m0/s1. The van der Waals surface area contributed by atoms with E-state index in [1.807, 2.05) is 36.4 Å². The zero-order valence-corrected chi connectivity index (χ0v) is 39.2. The minimum absolute atomic E-state index is 0.0324. The number of hydrogen-bond acceptors (Lipinski definition) is 9. The van der Waals surface area contributed by atoms with Crippen LogP contribution in [0.15, 0.2) is 91.0 Å². The molecule has 0 unspecified atom stereocenters. The van der Waals surface area contributed by atoms with Crippen molar-refractivity contribution in [2.75, 3.05) is 0 Å². The number of aliphatic hydroxyl groups is 1. The van der Waals surface area contributed by atoms with Crippen LogP contribution in [0.4, 0.5) is 0 Å². The summed E-state index contributed by atoms with van der Waals surface area (Å²) in [4.78, 5) is 101. The van der Waals surface area contributed by atoms with Gasteiger partial charge in [0.05, 0.1) is 12.5 Å². The molecule has 68 heavy (non-hydrogen) atoms. The molecule has 11 N–H and O–H groups in total. The molecule has 7 amide bonds. The molecule has 0 aliphatic heterocycles. The van der Waals surface area contributed by atoms with Crippen molar-refractivity contribution in [2.24, 2.45) is 11.5 Å². The molecule has 0 heterocycles. The van der Waals surface area contributed by atoms with Gasteiger partial charge in [0.25, 0.3) is 0 Å². The Morgan fingerprint density at radius 2 is 0.809 bits per heavy atom. The molecular weight excluding hydrogens is 871 g/mol. The number of amides is 7. The summed E-state index contributed by atoms with van der Waals surface area (Å²) in [5, 5.41) is 33.1. The van der Waals surface area contributed by atoms with Crippen LogP contribution in [-0.4, -0.2) is 93.8 Å². The number of unbranched alkanes of at least 4 members (excludes halogenated alkanes) is 11. The van der Waals surface area contributed by atoms with Crippen LogP contribution in [0.2, 0.25) is 0 Å². The average Bonchev–Trinajstić information content (AvgIpc) is 3.30. The van der Waals surface area contributed by atoms with Crippen molar-refractivity contribution in [3.8, 4) is 0 Å². The van der Waals surface area contributed by atoms with Gasteiger partial charge in [-0.05, 0) is 36.5 Å². The second-order valence-electron chi connectivity index (χ2n) is 17.3. The normalized spacial score (nSPS) is 13.6. The number of carbonyl (C=O) groups excluding carboxylic acids is 7. The highest BCUT2D eigenvalue weighted by molar-refractivity contribution is 5.95. The maximum atomic E-state index is 13.6. The van der Waals surface area contributed by atoms with Gasteiger partial charge in [-0.15, -0.1) is 0 Å². The van der Waals surface area contributed by atoms with E-state index in [2.05, 4.69) is 26.6 Å². The van der Waals surface area contributed by atoms with Crippen molar-refractivity contribution >= 4 is 47.3 Å². The summed E-state index contributed by atoms with van der Waals surface area (Å²) in [6.07, 6.45) is 9.88. The summed E-state index contributed by atoms with van der Waals surface area (Å²) in [7, 11) is 0. The first kappa shape index (κ1) is 55.7. The third-order valence-corrected chi connectivity index (χ3v) is 11.5. The van der Waals surface area contributed by atoms with Crippen molar-refractivity contribution in [2.45, 2.75) is 159 Å². The molecule has 3 aromatic rings. The van der Waals surface area contributed by atoms with E-state index < -0.39 is 90.1 Å². The predicted octanol–water partition coefficient (Wildman–Crippen LogP) is 3.43. The minimum Gasteiger partial charge on any atom is -0.480 e. The van der Waals surface area contributed by atoms with Gasteiger partial charge in [0.2, 0.25) is 41.4 Å². The van der Waals surface area contributed by atoms with E-state index >= 15 is 0 Å². The molecule has 17 nitrogen and oxygen atoms in total. The Bertz CT molecular complexity index is 2040. The third kappa shape index (κ3) is 22.7. The molecule has 17 heteroatoms. The van der Waals surface area contributed by atoms with Crippen LogP contribution in [0.5, 0.6) is 0 Å². The van der Waals surface area contributed by atoms with E-state index in [-0.39, 0.29) is 32.1 Å². The Labute approximate surface area is 399 Å². The van der Waals surface area contributed by atoms with E-state index in [1.54, 1.807) is 54.6 Å². The summed E-state index contributed by atoms with van der Waals surface area (Å²) in [5.41, 5.74) is 13.2. The highest BCUT2D eigenvalue weighted by atomic mass is 16.4. The van der Waals surface area contributed by atoms with Crippen LogP contribution in [0, 0.1) is 0 Å². The van der Waals surface area contributed by atoms with Gasteiger partial charge in [-0.2, -0.15) is 0 Å². The lowest BCUT2D eigenvalue weighted by Gasteiger charge is -2.26. The molecule has 3 aromatic carbocycles. The van der Waals surface area contributed by atoms with E-state index in [1.165, 1.54) is 6.92 Å². The molecule has 0 bridgehead atoms. The van der Waals surface area contributed by atoms with Crippen molar-refractivity contribution in [3.63, 3.8) is 0 Å². The molecule has 6 atom stereocenters. The quantitative estimate of drug-likeness (QED) is 0.0393. The number of nitrogens with one attached hydrogen (secondary N) is 5. The van der Waals surface area contributed by atoms with Crippen molar-refractivity contribution < 1.29 is 48.6 Å². The van der Waals surface area contributed by atoms with E-state index in [4.69, 9.17) is 11.5 Å². The van der Waals surface area contributed by atoms with Gasteiger partial charge in [-0.3, -0.25) is 33.6 Å². The first-order chi connectivity index (χ1) is 32.6. The highest BCUT2D eigenvalue weighted by Gasteiger charge is 2.32. The van der Waals surface area contributed by atoms with Gasteiger partial charge in [0.15, 0.2) is 0 Å². The lowest BCUT2D eigenvalue weighted by molar-refractivity contribution is -0.142. The molecule has 0 aliphatic carbocycles. The monoisotopic (exact) mass is 942 g/mol. The Hall–Kier alpha value is -6.62. The fourth-order valence-electron chi connectivity index (χ4n) is 7.65. The summed E-state index contributed by atoms with van der Waals surface area (Å²) < 4.78 is 0. The molecular formula is C51H71N7O10. The fourth-order valence-corrected chi connectivity index (χ4v) is 7.65. The Balaban J connectivity index is 1.29. The van der Waals surface area contributed by atoms with Crippen molar-refractivity contribution in [1.82, 2.24) is 26.6 Å². The van der Waals surface area contributed by atoms with Crippen LogP contribution in [0.25, 0.3) is 0 Å². The van der Waals surface area contributed by atoms with Gasteiger partial charge >= 0.3 is 5.97 Å². The summed E-state index contributed by atoms with van der Waals surface area (Å²) in [6, 6.07) is 20.8. The molecule has 3 rings (SSSR count). The summed E-state index contributed by atoms with van der Waals surface area (Å²) in [6.45, 7) is 1.38.